The lowest BCUT2D eigenvalue weighted by Crippen LogP contribution is -2.36. The van der Waals surface area contributed by atoms with Gasteiger partial charge in [-0.2, -0.15) is 0 Å². The monoisotopic (exact) mass is 426 g/mol. The van der Waals surface area contributed by atoms with E-state index < -0.39 is 5.60 Å². The summed E-state index contributed by atoms with van der Waals surface area (Å²) >= 11 is 0. The lowest BCUT2D eigenvalue weighted by molar-refractivity contribution is 0.0984. The van der Waals surface area contributed by atoms with Crippen molar-refractivity contribution in [1.29, 1.82) is 0 Å². The van der Waals surface area contributed by atoms with Gasteiger partial charge >= 0.3 is 0 Å². The Labute approximate surface area is 183 Å². The van der Waals surface area contributed by atoms with Crippen LogP contribution in [0.2, 0.25) is 0 Å². The fourth-order valence-electron chi connectivity index (χ4n) is 3.53. The van der Waals surface area contributed by atoms with E-state index >= 15 is 0 Å². The summed E-state index contributed by atoms with van der Waals surface area (Å²) in [4.78, 5) is 15.4. The van der Waals surface area contributed by atoms with Crippen LogP contribution < -0.4 is 29.2 Å². The van der Waals surface area contributed by atoms with Crippen LogP contribution >= 0.6 is 0 Å². The first-order valence-electron chi connectivity index (χ1n) is 10.1. The quantitative estimate of drug-likeness (QED) is 0.693. The normalized spacial score (nSPS) is 13.7. The molecule has 1 N–H and O–H groups in total. The van der Waals surface area contributed by atoms with Gasteiger partial charge in [-0.3, -0.25) is 4.79 Å². The van der Waals surface area contributed by atoms with Gasteiger partial charge < -0.3 is 29.2 Å². The van der Waals surface area contributed by atoms with Crippen molar-refractivity contribution in [2.45, 2.75) is 19.4 Å². The number of hydrogen-bond donors (Lipinski definition) is 1. The average Bonchev–Trinajstić information content (AvgIpc) is 2.77. The summed E-state index contributed by atoms with van der Waals surface area (Å²) in [7, 11) is 6.56. The molecule has 1 amide bonds. The second kappa shape index (κ2) is 9.31. The standard InChI is InChI=1S/C24H30N2O5/c1-24(2)12-11-17-19(31-24)10-8-18(22(17)30-6)23(27)26(14-13-25-3)16-7-9-20(28-4)21(15-16)29-5/h7-12,15,25H,13-14H2,1-6H3. The number of carbonyl (C=O) groups excluding carboxylic acids is 1. The molecule has 1 aliphatic heterocycles. The molecule has 0 fully saturated rings. The maximum atomic E-state index is 13.7. The van der Waals surface area contributed by atoms with Crippen molar-refractivity contribution in [2.75, 3.05) is 46.4 Å². The van der Waals surface area contributed by atoms with E-state index in [1.54, 1.807) is 44.4 Å². The molecular formula is C24H30N2O5. The zero-order valence-corrected chi connectivity index (χ0v) is 18.9. The first kappa shape index (κ1) is 22.5. The fraction of sp³-hybridized carbons (Fsp3) is 0.375. The molecule has 0 unspecified atom stereocenters. The summed E-state index contributed by atoms with van der Waals surface area (Å²) in [5, 5.41) is 3.10. The van der Waals surface area contributed by atoms with Gasteiger partial charge in [-0.25, -0.2) is 0 Å². The summed E-state index contributed by atoms with van der Waals surface area (Å²) in [6, 6.07) is 8.99. The summed E-state index contributed by atoms with van der Waals surface area (Å²) < 4.78 is 22.5. The van der Waals surface area contributed by atoms with Crippen LogP contribution in [0.15, 0.2) is 36.4 Å². The van der Waals surface area contributed by atoms with Crippen molar-refractivity contribution in [3.05, 3.63) is 47.5 Å². The lowest BCUT2D eigenvalue weighted by Gasteiger charge is -2.30. The van der Waals surface area contributed by atoms with Crippen LogP contribution in [0, 0.1) is 0 Å². The van der Waals surface area contributed by atoms with E-state index in [0.717, 1.165) is 5.56 Å². The summed E-state index contributed by atoms with van der Waals surface area (Å²) in [6.07, 6.45) is 3.90. The van der Waals surface area contributed by atoms with E-state index in [1.807, 2.05) is 45.2 Å². The molecule has 7 nitrogen and oxygen atoms in total. The van der Waals surface area contributed by atoms with Crippen molar-refractivity contribution in [3.63, 3.8) is 0 Å². The highest BCUT2D eigenvalue weighted by molar-refractivity contribution is 6.09. The van der Waals surface area contributed by atoms with Gasteiger partial charge in [0.25, 0.3) is 5.91 Å². The van der Waals surface area contributed by atoms with Crippen LogP contribution in [0.1, 0.15) is 29.8 Å². The van der Waals surface area contributed by atoms with Gasteiger partial charge in [0.05, 0.1) is 32.5 Å². The number of rotatable bonds is 8. The van der Waals surface area contributed by atoms with Gasteiger partial charge in [0, 0.05) is 24.8 Å². The maximum absolute atomic E-state index is 13.7. The molecule has 0 aliphatic carbocycles. The molecule has 0 saturated carbocycles. The van der Waals surface area contributed by atoms with E-state index in [2.05, 4.69) is 5.32 Å². The highest BCUT2D eigenvalue weighted by atomic mass is 16.5. The van der Waals surface area contributed by atoms with Gasteiger partial charge in [-0.1, -0.05) is 0 Å². The number of nitrogens with one attached hydrogen (secondary N) is 1. The number of fused-ring (bicyclic) bond motifs is 1. The Balaban J connectivity index is 2.05. The van der Waals surface area contributed by atoms with Crippen LogP contribution in [0.3, 0.4) is 0 Å². The number of anilines is 1. The van der Waals surface area contributed by atoms with Crippen molar-refractivity contribution in [2.24, 2.45) is 0 Å². The first-order chi connectivity index (χ1) is 14.8. The Bertz CT molecular complexity index is 984. The molecule has 0 radical (unpaired) electrons. The second-order valence-corrected chi connectivity index (χ2v) is 7.70. The van der Waals surface area contributed by atoms with Crippen molar-refractivity contribution in [1.82, 2.24) is 5.32 Å². The topological polar surface area (TPSA) is 69.3 Å². The van der Waals surface area contributed by atoms with Crippen LogP contribution in [0.5, 0.6) is 23.0 Å². The number of methoxy groups -OCH3 is 3. The number of likely N-dealkylation sites (N-methyl/N-ethyl adjacent to an activating group) is 1. The van der Waals surface area contributed by atoms with Crippen LogP contribution in [0.25, 0.3) is 6.08 Å². The SMILES string of the molecule is CNCCN(C(=O)c1ccc2c(c1OC)C=CC(C)(C)O2)c1ccc(OC)c(OC)c1. The molecule has 2 aromatic rings. The molecule has 0 bridgehead atoms. The molecule has 3 rings (SSSR count). The molecule has 31 heavy (non-hydrogen) atoms. The van der Waals surface area contributed by atoms with Crippen LogP contribution in [0.4, 0.5) is 5.69 Å². The molecule has 7 heteroatoms. The smallest absolute Gasteiger partial charge is 0.262 e. The van der Waals surface area contributed by atoms with E-state index in [4.69, 9.17) is 18.9 Å². The van der Waals surface area contributed by atoms with E-state index in [-0.39, 0.29) is 5.91 Å². The molecular weight excluding hydrogens is 396 g/mol. The highest BCUT2D eigenvalue weighted by Crippen LogP contribution is 2.40. The summed E-state index contributed by atoms with van der Waals surface area (Å²) in [5.41, 5.74) is 1.50. The molecule has 0 saturated heterocycles. The summed E-state index contributed by atoms with van der Waals surface area (Å²) in [5.74, 6) is 2.15. The number of ether oxygens (including phenoxy) is 4. The Morgan fingerprint density at radius 1 is 1.06 bits per heavy atom. The molecule has 2 aromatic carbocycles. The van der Waals surface area contributed by atoms with Gasteiger partial charge in [0.1, 0.15) is 17.1 Å². The number of amides is 1. The van der Waals surface area contributed by atoms with Gasteiger partial charge in [0.2, 0.25) is 0 Å². The third-order valence-corrected chi connectivity index (χ3v) is 5.12. The van der Waals surface area contributed by atoms with Gasteiger partial charge in [-0.15, -0.1) is 0 Å². The molecule has 0 spiro atoms. The Morgan fingerprint density at radius 3 is 2.45 bits per heavy atom. The van der Waals surface area contributed by atoms with Crippen LogP contribution in [-0.2, 0) is 0 Å². The molecule has 1 heterocycles. The van der Waals surface area contributed by atoms with E-state index in [9.17, 15) is 4.79 Å². The average molecular weight is 427 g/mol. The van der Waals surface area contributed by atoms with Gasteiger partial charge in [0.15, 0.2) is 11.5 Å². The molecule has 166 valence electrons. The maximum Gasteiger partial charge on any atom is 0.262 e. The third kappa shape index (κ3) is 4.61. The first-order valence-corrected chi connectivity index (χ1v) is 10.1. The van der Waals surface area contributed by atoms with Crippen LogP contribution in [-0.4, -0.2) is 53.0 Å². The van der Waals surface area contributed by atoms with E-state index in [0.29, 0.717) is 47.3 Å². The van der Waals surface area contributed by atoms with Crippen molar-refractivity contribution < 1.29 is 23.7 Å². The Hall–Kier alpha value is -3.19. The molecule has 0 aromatic heterocycles. The Kier molecular flexibility index (Phi) is 6.75. The van der Waals surface area contributed by atoms with Gasteiger partial charge in [-0.05, 0) is 57.3 Å². The highest BCUT2D eigenvalue weighted by Gasteiger charge is 2.29. The number of hydrogen-bond acceptors (Lipinski definition) is 6. The Morgan fingerprint density at radius 2 is 1.81 bits per heavy atom. The lowest BCUT2D eigenvalue weighted by atomic mass is 9.99. The number of nitrogens with zero attached hydrogens (tertiary/aromatic N) is 1. The fourth-order valence-corrected chi connectivity index (χ4v) is 3.53. The number of benzene rings is 2. The summed E-state index contributed by atoms with van der Waals surface area (Å²) in [6.45, 7) is 5.04. The zero-order chi connectivity index (χ0) is 22.6. The molecule has 1 aliphatic rings. The van der Waals surface area contributed by atoms with Crippen molar-refractivity contribution >= 4 is 17.7 Å². The molecule has 0 atom stereocenters. The second-order valence-electron chi connectivity index (χ2n) is 7.70. The minimum atomic E-state index is -0.415. The number of carbonyl (C=O) groups is 1. The zero-order valence-electron chi connectivity index (χ0n) is 18.9. The predicted octanol–water partition coefficient (Wildman–Crippen LogP) is 3.76. The third-order valence-electron chi connectivity index (χ3n) is 5.12. The minimum absolute atomic E-state index is 0.180. The van der Waals surface area contributed by atoms with Crippen molar-refractivity contribution in [3.8, 4) is 23.0 Å². The predicted molar refractivity (Wildman–Crippen MR) is 122 cm³/mol. The largest absolute Gasteiger partial charge is 0.495 e. The van der Waals surface area contributed by atoms with E-state index in [1.165, 1.54) is 0 Å². The minimum Gasteiger partial charge on any atom is -0.495 e.